The molecule has 5 nitrogen and oxygen atoms in total. The maximum Gasteiger partial charge on any atom is 0.244 e. The van der Waals surface area contributed by atoms with Crippen LogP contribution in [-0.2, 0) is 23.1 Å². The molecule has 0 aliphatic carbocycles. The number of hydrogen-bond donors (Lipinski definition) is 1. The van der Waals surface area contributed by atoms with Crippen molar-refractivity contribution in [3.63, 3.8) is 0 Å². The Hall–Kier alpha value is -0.850. The minimum absolute atomic E-state index is 0.356. The van der Waals surface area contributed by atoms with E-state index < -0.39 is 10.0 Å². The zero-order valence-electron chi connectivity index (χ0n) is 11.8. The molecule has 1 aromatic heterocycles. The van der Waals surface area contributed by atoms with Gasteiger partial charge in [0.2, 0.25) is 10.0 Å². The standard InChI is InChI=1S/C12H23N3O2S/c1-6-15-9-12(18(16,17)14(4)5)7-11(15)8-13-10(2)3/h7,9-10,13H,6,8H2,1-5H3. The highest BCUT2D eigenvalue weighted by Gasteiger charge is 2.20. The summed E-state index contributed by atoms with van der Waals surface area (Å²) in [6.07, 6.45) is 1.70. The molecule has 0 fully saturated rings. The number of nitrogens with zero attached hydrogens (tertiary/aromatic N) is 2. The third-order valence-corrected chi connectivity index (χ3v) is 4.55. The van der Waals surface area contributed by atoms with Crippen LogP contribution in [0.3, 0.4) is 0 Å². The second-order valence-corrected chi connectivity index (χ2v) is 6.93. The van der Waals surface area contributed by atoms with Crippen molar-refractivity contribution in [3.05, 3.63) is 18.0 Å². The summed E-state index contributed by atoms with van der Waals surface area (Å²) in [5.41, 5.74) is 0.992. The van der Waals surface area contributed by atoms with Gasteiger partial charge >= 0.3 is 0 Å². The summed E-state index contributed by atoms with van der Waals surface area (Å²) >= 11 is 0. The molecular weight excluding hydrogens is 250 g/mol. The van der Waals surface area contributed by atoms with Gasteiger partial charge in [0, 0.05) is 45.1 Å². The van der Waals surface area contributed by atoms with Gasteiger partial charge in [-0.05, 0) is 13.0 Å². The van der Waals surface area contributed by atoms with Crippen molar-refractivity contribution in [1.29, 1.82) is 0 Å². The Labute approximate surface area is 110 Å². The predicted molar refractivity (Wildman–Crippen MR) is 73.0 cm³/mol. The first-order valence-corrected chi connectivity index (χ1v) is 7.58. The van der Waals surface area contributed by atoms with Gasteiger partial charge in [0.25, 0.3) is 0 Å². The quantitative estimate of drug-likeness (QED) is 0.849. The average Bonchev–Trinajstić information content (AvgIpc) is 2.69. The molecule has 1 N–H and O–H groups in total. The summed E-state index contributed by atoms with van der Waals surface area (Å²) < 4.78 is 27.3. The lowest BCUT2D eigenvalue weighted by molar-refractivity contribution is 0.520. The maximum atomic E-state index is 12.0. The van der Waals surface area contributed by atoms with Crippen LogP contribution in [0.5, 0.6) is 0 Å². The molecule has 1 rings (SSSR count). The molecule has 0 saturated heterocycles. The van der Waals surface area contributed by atoms with Crippen LogP contribution in [0.25, 0.3) is 0 Å². The van der Waals surface area contributed by atoms with Gasteiger partial charge in [-0.15, -0.1) is 0 Å². The summed E-state index contributed by atoms with van der Waals surface area (Å²) in [6.45, 7) is 7.57. The van der Waals surface area contributed by atoms with Crippen molar-refractivity contribution in [2.45, 2.75) is 44.8 Å². The van der Waals surface area contributed by atoms with Crippen LogP contribution in [0.15, 0.2) is 17.2 Å². The van der Waals surface area contributed by atoms with Gasteiger partial charge in [0.05, 0.1) is 0 Å². The Morgan fingerprint density at radius 1 is 1.39 bits per heavy atom. The molecule has 0 bridgehead atoms. The van der Waals surface area contributed by atoms with E-state index in [1.807, 2.05) is 11.5 Å². The molecule has 0 aliphatic rings. The Kier molecular flexibility index (Phi) is 4.95. The lowest BCUT2D eigenvalue weighted by Gasteiger charge is -2.09. The smallest absolute Gasteiger partial charge is 0.244 e. The number of hydrogen-bond acceptors (Lipinski definition) is 3. The van der Waals surface area contributed by atoms with E-state index in [2.05, 4.69) is 19.2 Å². The monoisotopic (exact) mass is 273 g/mol. The number of aromatic nitrogens is 1. The first kappa shape index (κ1) is 15.2. The number of sulfonamides is 1. The molecule has 1 heterocycles. The van der Waals surface area contributed by atoms with Gasteiger partial charge < -0.3 is 9.88 Å². The minimum Gasteiger partial charge on any atom is -0.349 e. The van der Waals surface area contributed by atoms with Crippen LogP contribution in [0.4, 0.5) is 0 Å². The number of rotatable bonds is 6. The highest BCUT2D eigenvalue weighted by molar-refractivity contribution is 7.89. The van der Waals surface area contributed by atoms with Crippen molar-refractivity contribution in [2.24, 2.45) is 0 Å². The molecule has 0 aromatic carbocycles. The van der Waals surface area contributed by atoms with Crippen LogP contribution in [0, 0.1) is 0 Å². The van der Waals surface area contributed by atoms with Crippen LogP contribution in [0.1, 0.15) is 26.5 Å². The van der Waals surface area contributed by atoms with E-state index >= 15 is 0 Å². The van der Waals surface area contributed by atoms with Crippen molar-refractivity contribution in [2.75, 3.05) is 14.1 Å². The highest BCUT2D eigenvalue weighted by atomic mass is 32.2. The van der Waals surface area contributed by atoms with E-state index in [4.69, 9.17) is 0 Å². The maximum absolute atomic E-state index is 12.0. The van der Waals surface area contributed by atoms with E-state index in [1.165, 1.54) is 4.31 Å². The molecule has 0 aliphatic heterocycles. The fourth-order valence-corrected chi connectivity index (χ4v) is 2.60. The number of aryl methyl sites for hydroxylation is 1. The van der Waals surface area contributed by atoms with Gasteiger partial charge in [-0.2, -0.15) is 0 Å². The molecule has 104 valence electrons. The average molecular weight is 273 g/mol. The van der Waals surface area contributed by atoms with E-state index in [0.29, 0.717) is 17.5 Å². The fraction of sp³-hybridized carbons (Fsp3) is 0.667. The molecule has 0 atom stereocenters. The lowest BCUT2D eigenvalue weighted by Crippen LogP contribution is -2.23. The molecule has 6 heteroatoms. The predicted octanol–water partition coefficient (Wildman–Crippen LogP) is 1.26. The largest absolute Gasteiger partial charge is 0.349 e. The summed E-state index contributed by atoms with van der Waals surface area (Å²) in [5, 5.41) is 3.30. The first-order valence-electron chi connectivity index (χ1n) is 6.14. The molecule has 0 spiro atoms. The molecule has 18 heavy (non-hydrogen) atoms. The zero-order chi connectivity index (χ0) is 13.9. The van der Waals surface area contributed by atoms with Gasteiger partial charge in [0.15, 0.2) is 0 Å². The summed E-state index contributed by atoms with van der Waals surface area (Å²) in [4.78, 5) is 0.356. The van der Waals surface area contributed by atoms with Crippen molar-refractivity contribution in [1.82, 2.24) is 14.2 Å². The van der Waals surface area contributed by atoms with Crippen LogP contribution in [0.2, 0.25) is 0 Å². The van der Waals surface area contributed by atoms with E-state index in [9.17, 15) is 8.42 Å². The van der Waals surface area contributed by atoms with Crippen molar-refractivity contribution >= 4 is 10.0 Å². The Balaban J connectivity index is 3.05. The topological polar surface area (TPSA) is 54.3 Å². The molecule has 0 radical (unpaired) electrons. The van der Waals surface area contributed by atoms with Gasteiger partial charge in [-0.25, -0.2) is 12.7 Å². The second kappa shape index (κ2) is 5.86. The fourth-order valence-electron chi connectivity index (χ4n) is 1.63. The first-order chi connectivity index (χ1) is 8.28. The number of nitrogens with one attached hydrogen (secondary N) is 1. The normalized spacial score (nSPS) is 12.6. The van der Waals surface area contributed by atoms with Crippen molar-refractivity contribution in [3.8, 4) is 0 Å². The van der Waals surface area contributed by atoms with E-state index in [1.54, 1.807) is 26.4 Å². The molecule has 0 unspecified atom stereocenters. The molecular formula is C12H23N3O2S. The van der Waals surface area contributed by atoms with Crippen LogP contribution >= 0.6 is 0 Å². The lowest BCUT2D eigenvalue weighted by atomic mass is 10.3. The van der Waals surface area contributed by atoms with Gasteiger partial charge in [-0.1, -0.05) is 13.8 Å². The Morgan fingerprint density at radius 3 is 2.44 bits per heavy atom. The van der Waals surface area contributed by atoms with Crippen molar-refractivity contribution < 1.29 is 8.42 Å². The summed E-state index contributed by atoms with van der Waals surface area (Å²) in [7, 11) is -0.250. The molecule has 1 aromatic rings. The summed E-state index contributed by atoms with van der Waals surface area (Å²) in [5.74, 6) is 0. The van der Waals surface area contributed by atoms with Gasteiger partial charge in [0.1, 0.15) is 4.90 Å². The minimum atomic E-state index is -3.34. The molecule has 0 amide bonds. The van der Waals surface area contributed by atoms with E-state index in [0.717, 1.165) is 12.2 Å². The molecule has 0 saturated carbocycles. The zero-order valence-corrected chi connectivity index (χ0v) is 12.6. The highest BCUT2D eigenvalue weighted by Crippen LogP contribution is 2.17. The third kappa shape index (κ3) is 3.34. The summed E-state index contributed by atoms with van der Waals surface area (Å²) in [6, 6.07) is 2.12. The van der Waals surface area contributed by atoms with Crippen LogP contribution in [-0.4, -0.2) is 37.4 Å². The Bertz CT molecular complexity index is 489. The third-order valence-electron chi connectivity index (χ3n) is 2.77. The SMILES string of the molecule is CCn1cc(S(=O)(=O)N(C)C)cc1CNC(C)C. The van der Waals surface area contributed by atoms with E-state index in [-0.39, 0.29) is 0 Å². The van der Waals surface area contributed by atoms with Gasteiger partial charge in [-0.3, -0.25) is 0 Å². The second-order valence-electron chi connectivity index (χ2n) is 4.78. The Morgan fingerprint density at radius 2 is 2.00 bits per heavy atom. The van der Waals surface area contributed by atoms with Crippen LogP contribution < -0.4 is 5.32 Å².